The maximum absolute atomic E-state index is 13.3. The fourth-order valence-electron chi connectivity index (χ4n) is 3.55. The summed E-state index contributed by atoms with van der Waals surface area (Å²) in [7, 11) is 1.96. The van der Waals surface area contributed by atoms with Gasteiger partial charge in [0.05, 0.1) is 11.7 Å². The van der Waals surface area contributed by atoms with Crippen LogP contribution >= 0.6 is 0 Å². The molecule has 2 aromatic heterocycles. The van der Waals surface area contributed by atoms with Crippen molar-refractivity contribution in [1.82, 2.24) is 15.2 Å². The maximum Gasteiger partial charge on any atom is 0.298 e. The van der Waals surface area contributed by atoms with Crippen molar-refractivity contribution >= 4 is 22.9 Å². The van der Waals surface area contributed by atoms with E-state index in [2.05, 4.69) is 26.1 Å². The van der Waals surface area contributed by atoms with Crippen LogP contribution in [0.25, 0.3) is 11.1 Å². The molecule has 0 spiro atoms. The first kappa shape index (κ1) is 14.6. The number of hydrogen-bond donors (Lipinski definition) is 0. The first-order chi connectivity index (χ1) is 12.2. The number of anilines is 2. The van der Waals surface area contributed by atoms with Gasteiger partial charge in [-0.1, -0.05) is 0 Å². The van der Waals surface area contributed by atoms with E-state index < -0.39 is 0 Å². The minimum Gasteiger partial charge on any atom is -0.423 e. The summed E-state index contributed by atoms with van der Waals surface area (Å²) in [5.41, 5.74) is 3.63. The van der Waals surface area contributed by atoms with E-state index in [0.29, 0.717) is 17.1 Å². The van der Waals surface area contributed by atoms with Gasteiger partial charge in [-0.25, -0.2) is 4.39 Å². The van der Waals surface area contributed by atoms with Gasteiger partial charge in [-0.3, -0.25) is 0 Å². The number of nitrogens with zero attached hydrogens (tertiary/aromatic N) is 5. The van der Waals surface area contributed by atoms with Crippen LogP contribution in [0.2, 0.25) is 0 Å². The first-order valence-corrected chi connectivity index (χ1v) is 8.57. The number of halogens is 1. The second-order valence-corrected chi connectivity index (χ2v) is 6.81. The topological polar surface area (TPSA) is 58.3 Å². The third kappa shape index (κ3) is 2.42. The molecule has 0 atom stereocenters. The Balaban J connectivity index is 1.30. The minimum atomic E-state index is -0.317. The molecule has 6 nitrogen and oxygen atoms in total. The number of rotatable bonds is 3. The third-order valence-corrected chi connectivity index (χ3v) is 5.18. The van der Waals surface area contributed by atoms with Gasteiger partial charge in [0.15, 0.2) is 11.4 Å². The molecule has 0 unspecified atom stereocenters. The molecule has 0 bridgehead atoms. The molecule has 25 heavy (non-hydrogen) atoms. The summed E-state index contributed by atoms with van der Waals surface area (Å²) < 4.78 is 19.0. The van der Waals surface area contributed by atoms with Gasteiger partial charge >= 0.3 is 0 Å². The molecule has 0 N–H and O–H groups in total. The highest BCUT2D eigenvalue weighted by molar-refractivity contribution is 5.74. The Morgan fingerprint density at radius 2 is 2.08 bits per heavy atom. The van der Waals surface area contributed by atoms with Gasteiger partial charge in [-0.05, 0) is 43.0 Å². The largest absolute Gasteiger partial charge is 0.423 e. The van der Waals surface area contributed by atoms with Crippen molar-refractivity contribution in [1.29, 1.82) is 0 Å². The van der Waals surface area contributed by atoms with Crippen LogP contribution in [0.4, 0.5) is 16.2 Å². The zero-order valence-corrected chi connectivity index (χ0v) is 13.9. The fourth-order valence-corrected chi connectivity index (χ4v) is 3.55. The SMILES string of the molecule is CN(c1nc2ccc(F)cc2o1)C1CN(c2cc3c(nn2)CCC3)C1. The van der Waals surface area contributed by atoms with Gasteiger partial charge in [-0.15, -0.1) is 5.10 Å². The molecule has 0 amide bonds. The van der Waals surface area contributed by atoms with E-state index in [0.717, 1.165) is 37.4 Å². The summed E-state index contributed by atoms with van der Waals surface area (Å²) in [6.07, 6.45) is 3.33. The van der Waals surface area contributed by atoms with Crippen molar-refractivity contribution in [3.05, 3.63) is 41.3 Å². The Morgan fingerprint density at radius 1 is 1.20 bits per heavy atom. The first-order valence-electron chi connectivity index (χ1n) is 8.57. The zero-order chi connectivity index (χ0) is 17.0. The lowest BCUT2D eigenvalue weighted by Gasteiger charge is -2.43. The highest BCUT2D eigenvalue weighted by atomic mass is 19.1. The summed E-state index contributed by atoms with van der Waals surface area (Å²) in [6.45, 7) is 1.69. The number of hydrogen-bond acceptors (Lipinski definition) is 6. The summed E-state index contributed by atoms with van der Waals surface area (Å²) in [5, 5.41) is 8.72. The Morgan fingerprint density at radius 3 is 2.96 bits per heavy atom. The van der Waals surface area contributed by atoms with Crippen LogP contribution in [0.3, 0.4) is 0 Å². The van der Waals surface area contributed by atoms with Crippen LogP contribution in [0.5, 0.6) is 0 Å². The molecule has 0 radical (unpaired) electrons. The summed E-state index contributed by atoms with van der Waals surface area (Å²) in [6, 6.07) is 7.38. The van der Waals surface area contributed by atoms with Gasteiger partial charge in [0.1, 0.15) is 11.3 Å². The number of aryl methyl sites for hydroxylation is 2. The van der Waals surface area contributed by atoms with Gasteiger partial charge in [0, 0.05) is 26.2 Å². The smallest absolute Gasteiger partial charge is 0.298 e. The molecule has 3 aromatic rings. The average molecular weight is 339 g/mol. The predicted octanol–water partition coefficient (Wildman–Crippen LogP) is 2.57. The molecule has 1 saturated heterocycles. The van der Waals surface area contributed by atoms with Gasteiger partial charge in [0.25, 0.3) is 6.01 Å². The molecule has 1 fully saturated rings. The molecule has 3 heterocycles. The van der Waals surface area contributed by atoms with E-state index >= 15 is 0 Å². The molecule has 1 aliphatic carbocycles. The molecule has 7 heteroatoms. The summed E-state index contributed by atoms with van der Waals surface area (Å²) in [4.78, 5) is 8.67. The normalized spacial score (nSPS) is 17.0. The van der Waals surface area contributed by atoms with Crippen molar-refractivity contribution in [2.45, 2.75) is 25.3 Å². The minimum absolute atomic E-state index is 0.285. The lowest BCUT2D eigenvalue weighted by Crippen LogP contribution is -2.59. The van der Waals surface area contributed by atoms with E-state index in [1.807, 2.05) is 11.9 Å². The lowest BCUT2D eigenvalue weighted by atomic mass is 10.1. The lowest BCUT2D eigenvalue weighted by molar-refractivity contribution is 0.456. The maximum atomic E-state index is 13.3. The van der Waals surface area contributed by atoms with Crippen LogP contribution in [-0.4, -0.2) is 41.4 Å². The summed E-state index contributed by atoms with van der Waals surface area (Å²) in [5.74, 6) is 0.632. The molecule has 128 valence electrons. The van der Waals surface area contributed by atoms with E-state index in [-0.39, 0.29) is 11.9 Å². The highest BCUT2D eigenvalue weighted by Gasteiger charge is 2.33. The zero-order valence-electron chi connectivity index (χ0n) is 13.9. The number of oxazole rings is 1. The quantitative estimate of drug-likeness (QED) is 0.731. The Hall–Kier alpha value is -2.70. The molecule has 5 rings (SSSR count). The van der Waals surface area contributed by atoms with Crippen molar-refractivity contribution < 1.29 is 8.81 Å². The Kier molecular flexibility index (Phi) is 3.16. The molecule has 1 aliphatic heterocycles. The molecular formula is C18H18FN5O. The van der Waals surface area contributed by atoms with Crippen molar-refractivity contribution in [2.75, 3.05) is 29.9 Å². The van der Waals surface area contributed by atoms with Crippen molar-refractivity contribution in [2.24, 2.45) is 0 Å². The third-order valence-electron chi connectivity index (χ3n) is 5.18. The van der Waals surface area contributed by atoms with Crippen LogP contribution in [0.15, 0.2) is 28.7 Å². The molecule has 1 aromatic carbocycles. The number of fused-ring (bicyclic) bond motifs is 2. The fraction of sp³-hybridized carbons (Fsp3) is 0.389. The number of likely N-dealkylation sites (N-methyl/N-ethyl adjacent to an activating group) is 1. The molecule has 2 aliphatic rings. The number of aromatic nitrogens is 3. The second-order valence-electron chi connectivity index (χ2n) is 6.81. The van der Waals surface area contributed by atoms with Crippen LogP contribution in [0.1, 0.15) is 17.7 Å². The van der Waals surface area contributed by atoms with E-state index in [1.54, 1.807) is 6.07 Å². The van der Waals surface area contributed by atoms with Crippen LogP contribution in [0, 0.1) is 5.82 Å². The molecule has 0 saturated carbocycles. The van der Waals surface area contributed by atoms with Crippen LogP contribution in [-0.2, 0) is 12.8 Å². The Bertz CT molecular complexity index is 950. The van der Waals surface area contributed by atoms with Crippen LogP contribution < -0.4 is 9.80 Å². The van der Waals surface area contributed by atoms with E-state index in [9.17, 15) is 4.39 Å². The van der Waals surface area contributed by atoms with E-state index in [1.165, 1.54) is 24.1 Å². The highest BCUT2D eigenvalue weighted by Crippen LogP contribution is 2.29. The number of benzene rings is 1. The predicted molar refractivity (Wildman–Crippen MR) is 92.4 cm³/mol. The monoisotopic (exact) mass is 339 g/mol. The standard InChI is InChI=1S/C18H18FN5O/c1-23(18-20-15-6-5-12(19)8-16(15)25-18)13-9-24(10-13)17-7-11-3-2-4-14(11)21-22-17/h5-8,13H,2-4,9-10H2,1H3. The summed E-state index contributed by atoms with van der Waals surface area (Å²) >= 11 is 0. The Labute approximate surface area is 144 Å². The van der Waals surface area contributed by atoms with Gasteiger partial charge in [0.2, 0.25) is 0 Å². The van der Waals surface area contributed by atoms with E-state index in [4.69, 9.17) is 4.42 Å². The van der Waals surface area contributed by atoms with Gasteiger partial charge in [-0.2, -0.15) is 10.1 Å². The van der Waals surface area contributed by atoms with Crippen molar-refractivity contribution in [3.63, 3.8) is 0 Å². The second kappa shape index (κ2) is 5.40. The van der Waals surface area contributed by atoms with Gasteiger partial charge < -0.3 is 14.2 Å². The molecular weight excluding hydrogens is 321 g/mol. The van der Waals surface area contributed by atoms with Crippen molar-refractivity contribution in [3.8, 4) is 0 Å². The average Bonchev–Trinajstić information content (AvgIpc) is 3.18.